The van der Waals surface area contributed by atoms with Crippen LogP contribution in [0.3, 0.4) is 0 Å². The zero-order chi connectivity index (χ0) is 16.4. The second-order valence-electron chi connectivity index (χ2n) is 6.35. The molecule has 1 aromatic heterocycles. The lowest BCUT2D eigenvalue weighted by Gasteiger charge is -2.32. The molecule has 0 unspecified atom stereocenters. The van der Waals surface area contributed by atoms with E-state index in [4.69, 9.17) is 4.74 Å². The molecule has 1 aliphatic heterocycles. The lowest BCUT2D eigenvalue weighted by molar-refractivity contribution is 0.191. The Labute approximate surface area is 136 Å². The molecule has 0 radical (unpaired) electrons. The highest BCUT2D eigenvalue weighted by Gasteiger charge is 2.25. The van der Waals surface area contributed by atoms with E-state index in [9.17, 15) is 4.39 Å². The summed E-state index contributed by atoms with van der Waals surface area (Å²) in [6.07, 6.45) is 4.30. The highest BCUT2D eigenvalue weighted by molar-refractivity contribution is 5.34. The molecule has 124 valence electrons. The van der Waals surface area contributed by atoms with Crippen LogP contribution >= 0.6 is 0 Å². The molecule has 1 saturated heterocycles. The number of imidazole rings is 1. The van der Waals surface area contributed by atoms with Crippen molar-refractivity contribution in [3.8, 4) is 5.75 Å². The molecule has 0 N–H and O–H groups in total. The van der Waals surface area contributed by atoms with Crippen molar-refractivity contribution in [2.24, 2.45) is 7.05 Å². The number of hydrogen-bond acceptors (Lipinski definition) is 3. The van der Waals surface area contributed by atoms with Gasteiger partial charge in [0.25, 0.3) is 0 Å². The third-order valence-electron chi connectivity index (χ3n) is 4.58. The first kappa shape index (κ1) is 16.0. The third-order valence-corrected chi connectivity index (χ3v) is 4.58. The van der Waals surface area contributed by atoms with Crippen molar-refractivity contribution in [3.63, 3.8) is 0 Å². The topological polar surface area (TPSA) is 30.3 Å². The second-order valence-corrected chi connectivity index (χ2v) is 6.35. The highest BCUT2D eigenvalue weighted by Crippen LogP contribution is 2.29. The summed E-state index contributed by atoms with van der Waals surface area (Å²) in [6, 6.07) is 5.01. The van der Waals surface area contributed by atoms with Gasteiger partial charge in [-0.15, -0.1) is 0 Å². The predicted octanol–water partition coefficient (Wildman–Crippen LogP) is 3.26. The summed E-state index contributed by atoms with van der Waals surface area (Å²) in [5.41, 5.74) is 1.70. The van der Waals surface area contributed by atoms with Crippen molar-refractivity contribution in [2.75, 3.05) is 20.2 Å². The van der Waals surface area contributed by atoms with Gasteiger partial charge in [-0.1, -0.05) is 6.07 Å². The Balaban J connectivity index is 1.76. The van der Waals surface area contributed by atoms with Gasteiger partial charge in [0.05, 0.1) is 12.8 Å². The quantitative estimate of drug-likeness (QED) is 0.867. The fourth-order valence-corrected chi connectivity index (χ4v) is 3.53. The standard InChI is InChI=1S/C18H24FN3O/c1-13-10-21(2)18(20-13)14-6-5-9-22(11-14)12-15-16(19)7-4-8-17(15)23-3/h4,7-8,10,14H,5-6,9,11-12H2,1-3H3/t14-/m0/s1. The van der Waals surface area contributed by atoms with Crippen molar-refractivity contribution < 1.29 is 9.13 Å². The van der Waals surface area contributed by atoms with Gasteiger partial charge in [0.2, 0.25) is 0 Å². The average molecular weight is 317 g/mol. The third kappa shape index (κ3) is 3.39. The van der Waals surface area contributed by atoms with Crippen LogP contribution in [0.1, 0.15) is 35.8 Å². The van der Waals surface area contributed by atoms with Crippen molar-refractivity contribution in [3.05, 3.63) is 47.3 Å². The number of likely N-dealkylation sites (tertiary alicyclic amines) is 1. The predicted molar refractivity (Wildman–Crippen MR) is 88.1 cm³/mol. The van der Waals surface area contributed by atoms with E-state index < -0.39 is 0 Å². The van der Waals surface area contributed by atoms with E-state index in [1.807, 2.05) is 20.0 Å². The van der Waals surface area contributed by atoms with E-state index in [0.717, 1.165) is 37.4 Å². The SMILES string of the molecule is COc1cccc(F)c1CN1CCC[C@H](c2nc(C)cn2C)C1. The van der Waals surface area contributed by atoms with Gasteiger partial charge in [-0.05, 0) is 38.4 Å². The molecule has 1 aromatic carbocycles. The van der Waals surface area contributed by atoms with Gasteiger partial charge >= 0.3 is 0 Å². The molecule has 0 spiro atoms. The van der Waals surface area contributed by atoms with Crippen LogP contribution in [0, 0.1) is 12.7 Å². The minimum atomic E-state index is -0.195. The van der Waals surface area contributed by atoms with Crippen LogP contribution in [0.4, 0.5) is 4.39 Å². The van der Waals surface area contributed by atoms with Gasteiger partial charge in [-0.25, -0.2) is 9.37 Å². The Morgan fingerprint density at radius 2 is 2.22 bits per heavy atom. The van der Waals surface area contributed by atoms with E-state index in [1.165, 1.54) is 6.07 Å². The first-order valence-corrected chi connectivity index (χ1v) is 8.12. The molecule has 3 rings (SSSR count). The second kappa shape index (κ2) is 6.71. The summed E-state index contributed by atoms with van der Waals surface area (Å²) in [5.74, 6) is 1.96. The minimum absolute atomic E-state index is 0.195. The summed E-state index contributed by atoms with van der Waals surface area (Å²) >= 11 is 0. The molecule has 5 heteroatoms. The Kier molecular flexibility index (Phi) is 4.66. The van der Waals surface area contributed by atoms with Crippen LogP contribution in [-0.2, 0) is 13.6 Å². The summed E-state index contributed by atoms with van der Waals surface area (Å²) in [7, 11) is 3.64. The Bertz CT molecular complexity index is 683. The number of aryl methyl sites for hydroxylation is 2. The van der Waals surface area contributed by atoms with E-state index in [-0.39, 0.29) is 5.82 Å². The molecule has 4 nitrogen and oxygen atoms in total. The fraction of sp³-hybridized carbons (Fsp3) is 0.500. The number of ether oxygens (including phenoxy) is 1. The number of piperidine rings is 1. The van der Waals surface area contributed by atoms with Gasteiger partial charge < -0.3 is 9.30 Å². The van der Waals surface area contributed by atoms with E-state index in [1.54, 1.807) is 13.2 Å². The fourth-order valence-electron chi connectivity index (χ4n) is 3.53. The van der Waals surface area contributed by atoms with Crippen molar-refractivity contribution in [2.45, 2.75) is 32.2 Å². The van der Waals surface area contributed by atoms with Crippen LogP contribution in [-0.4, -0.2) is 34.7 Å². The summed E-state index contributed by atoms with van der Waals surface area (Å²) in [5, 5.41) is 0. The van der Waals surface area contributed by atoms with Gasteiger partial charge in [0, 0.05) is 37.8 Å². The molecule has 0 bridgehead atoms. The Morgan fingerprint density at radius 1 is 1.39 bits per heavy atom. The lowest BCUT2D eigenvalue weighted by atomic mass is 9.96. The summed E-state index contributed by atoms with van der Waals surface area (Å²) in [4.78, 5) is 6.97. The zero-order valence-electron chi connectivity index (χ0n) is 14.1. The maximum atomic E-state index is 14.2. The van der Waals surface area contributed by atoms with E-state index in [0.29, 0.717) is 23.8 Å². The van der Waals surface area contributed by atoms with Crippen molar-refractivity contribution in [1.82, 2.24) is 14.5 Å². The number of hydrogen-bond donors (Lipinski definition) is 0. The largest absolute Gasteiger partial charge is 0.496 e. The minimum Gasteiger partial charge on any atom is -0.496 e. The Morgan fingerprint density at radius 3 is 2.91 bits per heavy atom. The van der Waals surface area contributed by atoms with Gasteiger partial charge in [0.1, 0.15) is 17.4 Å². The van der Waals surface area contributed by atoms with E-state index >= 15 is 0 Å². The lowest BCUT2D eigenvalue weighted by Crippen LogP contribution is -2.35. The molecule has 1 fully saturated rings. The van der Waals surface area contributed by atoms with Gasteiger partial charge in [-0.2, -0.15) is 0 Å². The smallest absolute Gasteiger partial charge is 0.131 e. The molecular formula is C18H24FN3O. The van der Waals surface area contributed by atoms with Gasteiger partial charge in [-0.3, -0.25) is 4.90 Å². The summed E-state index contributed by atoms with van der Waals surface area (Å²) < 4.78 is 21.6. The molecule has 23 heavy (non-hydrogen) atoms. The maximum absolute atomic E-state index is 14.2. The van der Waals surface area contributed by atoms with Crippen LogP contribution < -0.4 is 4.74 Å². The maximum Gasteiger partial charge on any atom is 0.131 e. The zero-order valence-corrected chi connectivity index (χ0v) is 14.1. The number of nitrogens with zero attached hydrogens (tertiary/aromatic N) is 3. The first-order valence-electron chi connectivity index (χ1n) is 8.12. The molecule has 2 aromatic rings. The molecule has 2 heterocycles. The van der Waals surface area contributed by atoms with Crippen LogP contribution in [0.25, 0.3) is 0 Å². The molecule has 1 aliphatic rings. The van der Waals surface area contributed by atoms with Gasteiger partial charge in [0.15, 0.2) is 0 Å². The number of aromatic nitrogens is 2. The molecular weight excluding hydrogens is 293 g/mol. The molecule has 0 aliphatic carbocycles. The molecule has 1 atom stereocenters. The van der Waals surface area contributed by atoms with Crippen molar-refractivity contribution >= 4 is 0 Å². The highest BCUT2D eigenvalue weighted by atomic mass is 19.1. The summed E-state index contributed by atoms with van der Waals surface area (Å²) in [6.45, 7) is 4.49. The number of halogens is 1. The van der Waals surface area contributed by atoms with Crippen LogP contribution in [0.2, 0.25) is 0 Å². The monoisotopic (exact) mass is 317 g/mol. The molecule has 0 saturated carbocycles. The number of rotatable bonds is 4. The molecule has 0 amide bonds. The average Bonchev–Trinajstić information content (AvgIpc) is 2.88. The Hall–Kier alpha value is -1.88. The number of benzene rings is 1. The van der Waals surface area contributed by atoms with Crippen molar-refractivity contribution in [1.29, 1.82) is 0 Å². The first-order chi connectivity index (χ1) is 11.1. The van der Waals surface area contributed by atoms with E-state index in [2.05, 4.69) is 20.6 Å². The number of methoxy groups -OCH3 is 1. The normalized spacial score (nSPS) is 19.0. The van der Waals surface area contributed by atoms with Crippen LogP contribution in [0.5, 0.6) is 5.75 Å². The van der Waals surface area contributed by atoms with Crippen LogP contribution in [0.15, 0.2) is 24.4 Å².